The van der Waals surface area contributed by atoms with Crippen LogP contribution in [0.3, 0.4) is 0 Å². The molecule has 0 aliphatic rings. The molecule has 0 aromatic heterocycles. The van der Waals surface area contributed by atoms with Crippen LogP contribution in [0, 0.1) is 0 Å². The molecule has 0 unspecified atom stereocenters. The lowest BCUT2D eigenvalue weighted by Gasteiger charge is -2.08. The molecule has 0 aliphatic carbocycles. The molecule has 8 heteroatoms. The van der Waals surface area contributed by atoms with Crippen molar-refractivity contribution in [2.24, 2.45) is 0 Å². The number of phenolic OH excluding ortho intramolecular Hbond substituents is 2. The summed E-state index contributed by atoms with van der Waals surface area (Å²) in [5, 5.41) is 18.9. The summed E-state index contributed by atoms with van der Waals surface area (Å²) in [4.78, 5) is 32.2. The number of hydrogen-bond donors (Lipinski definition) is 4. The number of hydrazine groups is 1. The van der Waals surface area contributed by atoms with Crippen LogP contribution in [0.1, 0.15) is 20.7 Å². The molecule has 0 atom stereocenters. The van der Waals surface area contributed by atoms with Crippen molar-refractivity contribution in [3.05, 3.63) is 59.7 Å². The van der Waals surface area contributed by atoms with Gasteiger partial charge in [-0.2, -0.15) is 0 Å². The van der Waals surface area contributed by atoms with Crippen LogP contribution in [0.5, 0.6) is 11.5 Å². The Hall–Kier alpha value is -3.10. The smallest absolute Gasteiger partial charge is 0.361 e. The predicted molar refractivity (Wildman–Crippen MR) is 73.3 cm³/mol. The third-order valence-electron chi connectivity index (χ3n) is 2.58. The lowest BCUT2D eigenvalue weighted by molar-refractivity contribution is -0.0607. The maximum absolute atomic E-state index is 11.6. The standard InChI is InChI=1S/C14H12N2O6/c17-11-7-3-1-5-9(11)13(19)21-15-16-22-14(20)10-6-2-4-8-12(10)18/h1-8,15-18H. The minimum atomic E-state index is -0.885. The van der Waals surface area contributed by atoms with Gasteiger partial charge in [0.2, 0.25) is 0 Å². The monoisotopic (exact) mass is 304 g/mol. The van der Waals surface area contributed by atoms with Gasteiger partial charge in [0.05, 0.1) is 0 Å². The van der Waals surface area contributed by atoms with Crippen molar-refractivity contribution in [1.82, 2.24) is 11.2 Å². The van der Waals surface area contributed by atoms with Crippen molar-refractivity contribution in [2.45, 2.75) is 0 Å². The fourth-order valence-electron chi connectivity index (χ4n) is 1.54. The lowest BCUT2D eigenvalue weighted by Crippen LogP contribution is -2.36. The third-order valence-corrected chi connectivity index (χ3v) is 2.58. The zero-order valence-electron chi connectivity index (χ0n) is 11.1. The number of hydrogen-bond acceptors (Lipinski definition) is 8. The normalized spacial score (nSPS) is 10.0. The van der Waals surface area contributed by atoms with E-state index >= 15 is 0 Å². The van der Waals surface area contributed by atoms with E-state index in [4.69, 9.17) is 0 Å². The summed E-state index contributed by atoms with van der Waals surface area (Å²) >= 11 is 0. The van der Waals surface area contributed by atoms with E-state index < -0.39 is 11.9 Å². The first kappa shape index (κ1) is 15.3. The van der Waals surface area contributed by atoms with Crippen LogP contribution >= 0.6 is 0 Å². The first-order valence-electron chi connectivity index (χ1n) is 6.08. The molecular weight excluding hydrogens is 292 g/mol. The van der Waals surface area contributed by atoms with Crippen molar-refractivity contribution in [3.63, 3.8) is 0 Å². The number of para-hydroxylation sites is 2. The minimum absolute atomic E-state index is 0.0659. The first-order valence-corrected chi connectivity index (χ1v) is 6.08. The Morgan fingerprint density at radius 1 is 0.727 bits per heavy atom. The number of rotatable bonds is 5. The van der Waals surface area contributed by atoms with Crippen LogP contribution in [0.15, 0.2) is 48.5 Å². The molecule has 22 heavy (non-hydrogen) atoms. The molecule has 114 valence electrons. The van der Waals surface area contributed by atoms with E-state index in [1.54, 1.807) is 24.3 Å². The van der Waals surface area contributed by atoms with Gasteiger partial charge in [-0.15, -0.1) is 0 Å². The molecule has 0 amide bonds. The minimum Gasteiger partial charge on any atom is -0.507 e. The van der Waals surface area contributed by atoms with Crippen molar-refractivity contribution in [1.29, 1.82) is 0 Å². The van der Waals surface area contributed by atoms with Gasteiger partial charge in [-0.1, -0.05) is 35.4 Å². The second kappa shape index (κ2) is 7.07. The number of carbonyl (C=O) groups is 2. The van der Waals surface area contributed by atoms with Crippen molar-refractivity contribution >= 4 is 11.9 Å². The summed E-state index contributed by atoms with van der Waals surface area (Å²) in [5.41, 5.74) is 3.66. The van der Waals surface area contributed by atoms with Gasteiger partial charge in [-0.3, -0.25) is 0 Å². The zero-order chi connectivity index (χ0) is 15.9. The highest BCUT2D eigenvalue weighted by Crippen LogP contribution is 2.16. The summed E-state index contributed by atoms with van der Waals surface area (Å²) in [6, 6.07) is 11.5. The number of aromatic hydroxyl groups is 2. The highest BCUT2D eigenvalue weighted by molar-refractivity contribution is 5.92. The van der Waals surface area contributed by atoms with E-state index in [0.29, 0.717) is 0 Å². The average molecular weight is 304 g/mol. The van der Waals surface area contributed by atoms with Crippen molar-refractivity contribution in [2.75, 3.05) is 0 Å². The van der Waals surface area contributed by atoms with Gasteiger partial charge in [-0.05, 0) is 24.3 Å². The molecule has 2 rings (SSSR count). The third kappa shape index (κ3) is 3.72. The topological polar surface area (TPSA) is 117 Å². The van der Waals surface area contributed by atoms with Gasteiger partial charge in [0.15, 0.2) is 0 Å². The van der Waals surface area contributed by atoms with E-state index in [9.17, 15) is 19.8 Å². The Balaban J connectivity index is 1.80. The van der Waals surface area contributed by atoms with Crippen LogP contribution in [-0.2, 0) is 9.68 Å². The SMILES string of the molecule is O=C(ONNOC(=O)c1ccccc1O)c1ccccc1O. The van der Waals surface area contributed by atoms with Gasteiger partial charge < -0.3 is 19.9 Å². The van der Waals surface area contributed by atoms with E-state index in [0.717, 1.165) is 0 Å². The molecule has 0 fully saturated rings. The van der Waals surface area contributed by atoms with Crippen LogP contribution < -0.4 is 11.2 Å². The van der Waals surface area contributed by atoms with Gasteiger partial charge in [0, 0.05) is 0 Å². The van der Waals surface area contributed by atoms with E-state index in [2.05, 4.69) is 9.68 Å². The molecule has 0 heterocycles. The average Bonchev–Trinajstić information content (AvgIpc) is 2.52. The van der Waals surface area contributed by atoms with Crippen LogP contribution in [0.2, 0.25) is 0 Å². The summed E-state index contributed by atoms with van der Waals surface area (Å²) in [6.45, 7) is 0. The Labute approximate surface area is 124 Å². The second-order valence-corrected chi connectivity index (χ2v) is 4.02. The Kier molecular flexibility index (Phi) is 4.91. The summed E-state index contributed by atoms with van der Waals surface area (Å²) in [7, 11) is 0. The second-order valence-electron chi connectivity index (χ2n) is 4.02. The molecular formula is C14H12N2O6. The fraction of sp³-hybridized carbons (Fsp3) is 0. The van der Waals surface area contributed by atoms with Gasteiger partial charge in [-0.25, -0.2) is 9.59 Å². The largest absolute Gasteiger partial charge is 0.507 e. The lowest BCUT2D eigenvalue weighted by atomic mass is 10.2. The van der Waals surface area contributed by atoms with E-state index in [1.165, 1.54) is 24.3 Å². The van der Waals surface area contributed by atoms with Crippen molar-refractivity contribution in [3.8, 4) is 11.5 Å². The molecule has 2 aromatic rings. The maximum Gasteiger partial charge on any atom is 0.361 e. The molecule has 0 saturated heterocycles. The predicted octanol–water partition coefficient (Wildman–Crippen LogP) is 1.04. The molecule has 4 N–H and O–H groups in total. The fourth-order valence-corrected chi connectivity index (χ4v) is 1.54. The number of benzene rings is 2. The van der Waals surface area contributed by atoms with Gasteiger partial charge in [0.25, 0.3) is 0 Å². The van der Waals surface area contributed by atoms with Crippen molar-refractivity contribution < 1.29 is 29.5 Å². The Morgan fingerprint density at radius 2 is 1.09 bits per heavy atom. The van der Waals surface area contributed by atoms with Crippen LogP contribution in [0.25, 0.3) is 0 Å². The van der Waals surface area contributed by atoms with Crippen LogP contribution in [0.4, 0.5) is 0 Å². The maximum atomic E-state index is 11.6. The zero-order valence-corrected chi connectivity index (χ0v) is 11.1. The Morgan fingerprint density at radius 3 is 1.45 bits per heavy atom. The highest BCUT2D eigenvalue weighted by atomic mass is 16.8. The summed E-state index contributed by atoms with van der Waals surface area (Å²) in [5.74, 6) is -2.27. The molecule has 0 saturated carbocycles. The quantitative estimate of drug-likeness (QED) is 0.478. The number of nitrogens with one attached hydrogen (secondary N) is 2. The highest BCUT2D eigenvalue weighted by Gasteiger charge is 2.14. The Bertz CT molecular complexity index is 629. The molecule has 0 aliphatic heterocycles. The van der Waals surface area contributed by atoms with Gasteiger partial charge >= 0.3 is 11.9 Å². The summed E-state index contributed by atoms with van der Waals surface area (Å²) < 4.78 is 0. The first-order chi connectivity index (χ1) is 10.6. The number of phenols is 2. The molecule has 2 aromatic carbocycles. The van der Waals surface area contributed by atoms with E-state index in [1.807, 2.05) is 11.2 Å². The number of carbonyl (C=O) groups excluding carboxylic acids is 2. The molecule has 0 radical (unpaired) electrons. The molecule has 0 spiro atoms. The van der Waals surface area contributed by atoms with Gasteiger partial charge in [0.1, 0.15) is 22.6 Å². The van der Waals surface area contributed by atoms with E-state index in [-0.39, 0.29) is 22.6 Å². The molecule has 0 bridgehead atoms. The van der Waals surface area contributed by atoms with Crippen LogP contribution in [-0.4, -0.2) is 22.2 Å². The molecule has 8 nitrogen and oxygen atoms in total. The summed E-state index contributed by atoms with van der Waals surface area (Å²) in [6.07, 6.45) is 0.